The van der Waals surface area contributed by atoms with Gasteiger partial charge in [0.05, 0.1) is 0 Å². The molecule has 1 aromatic heterocycles. The Hall–Kier alpha value is -1.37. The van der Waals surface area contributed by atoms with Gasteiger partial charge in [-0.25, -0.2) is 0 Å². The normalized spacial score (nSPS) is 9.43. The van der Waals surface area contributed by atoms with Crippen LogP contribution in [0.25, 0.3) is 10.8 Å². The molecule has 0 unspecified atom stereocenters. The van der Waals surface area contributed by atoms with E-state index in [1.807, 2.05) is 26.8 Å². The lowest BCUT2D eigenvalue weighted by molar-refractivity contribution is 1.15. The average molecular weight is 187 g/mol. The van der Waals surface area contributed by atoms with Crippen molar-refractivity contribution in [2.45, 2.75) is 27.7 Å². The van der Waals surface area contributed by atoms with E-state index in [1.165, 1.54) is 10.8 Å². The molecule has 0 aliphatic rings. The van der Waals surface area contributed by atoms with Crippen molar-refractivity contribution in [1.82, 2.24) is 4.98 Å². The Morgan fingerprint density at radius 1 is 1.00 bits per heavy atom. The maximum Gasteiger partial charge on any atom is 0.0454 e. The molecule has 1 heteroatoms. The minimum Gasteiger partial charge on any atom is -0.258 e. The third-order valence-electron chi connectivity index (χ3n) is 2.06. The third-order valence-corrected chi connectivity index (χ3v) is 2.06. The molecule has 0 aliphatic heterocycles. The molecule has 2 aromatic rings. The van der Waals surface area contributed by atoms with E-state index in [0.717, 1.165) is 11.4 Å². The van der Waals surface area contributed by atoms with Crippen LogP contribution in [0.5, 0.6) is 0 Å². The molecule has 0 spiro atoms. The minimum absolute atomic E-state index is 1.09. The lowest BCUT2D eigenvalue weighted by Crippen LogP contribution is -1.86. The lowest BCUT2D eigenvalue weighted by atomic mass is 10.1. The lowest BCUT2D eigenvalue weighted by Gasteiger charge is -2.01. The van der Waals surface area contributed by atoms with Crippen LogP contribution in [0.2, 0.25) is 0 Å². The number of hydrogen-bond donors (Lipinski definition) is 0. The van der Waals surface area contributed by atoms with E-state index in [0.29, 0.717) is 0 Å². The van der Waals surface area contributed by atoms with Crippen molar-refractivity contribution in [1.29, 1.82) is 0 Å². The number of rotatable bonds is 0. The molecular formula is C13H17N. The number of aryl methyl sites for hydroxylation is 2. The molecule has 1 heterocycles. The Morgan fingerprint density at radius 2 is 1.64 bits per heavy atom. The first-order chi connectivity index (χ1) is 6.77. The first-order valence-corrected chi connectivity index (χ1v) is 5.10. The smallest absolute Gasteiger partial charge is 0.0454 e. The third kappa shape index (κ3) is 2.11. The minimum atomic E-state index is 1.09. The Kier molecular flexibility index (Phi) is 3.63. The summed E-state index contributed by atoms with van der Waals surface area (Å²) in [5.74, 6) is 0. The summed E-state index contributed by atoms with van der Waals surface area (Å²) in [6.07, 6.45) is 0. The molecule has 0 fully saturated rings. The highest BCUT2D eigenvalue weighted by atomic mass is 14.7. The topological polar surface area (TPSA) is 12.9 Å². The number of aromatic nitrogens is 1. The molecule has 0 saturated carbocycles. The zero-order valence-electron chi connectivity index (χ0n) is 9.33. The fourth-order valence-corrected chi connectivity index (χ4v) is 1.53. The van der Waals surface area contributed by atoms with Gasteiger partial charge < -0.3 is 0 Å². The summed E-state index contributed by atoms with van der Waals surface area (Å²) >= 11 is 0. The van der Waals surface area contributed by atoms with Gasteiger partial charge in [0.2, 0.25) is 0 Å². The Labute approximate surface area is 85.8 Å². The molecule has 0 radical (unpaired) electrons. The zero-order valence-corrected chi connectivity index (χ0v) is 9.33. The summed E-state index contributed by atoms with van der Waals surface area (Å²) in [5.41, 5.74) is 2.21. The van der Waals surface area contributed by atoms with E-state index < -0.39 is 0 Å². The van der Waals surface area contributed by atoms with E-state index in [4.69, 9.17) is 0 Å². The SMILES string of the molecule is CC.Cc1cc2ccccc2c(C)n1. The molecule has 14 heavy (non-hydrogen) atoms. The summed E-state index contributed by atoms with van der Waals surface area (Å²) in [6, 6.07) is 10.4. The summed E-state index contributed by atoms with van der Waals surface area (Å²) in [5, 5.41) is 2.53. The van der Waals surface area contributed by atoms with E-state index >= 15 is 0 Å². The first kappa shape index (κ1) is 10.7. The molecule has 1 aromatic carbocycles. The molecule has 0 saturated heterocycles. The average Bonchev–Trinajstić information content (AvgIpc) is 2.20. The summed E-state index contributed by atoms with van der Waals surface area (Å²) < 4.78 is 0. The number of hydrogen-bond acceptors (Lipinski definition) is 1. The van der Waals surface area contributed by atoms with Crippen LogP contribution in [0.4, 0.5) is 0 Å². The van der Waals surface area contributed by atoms with Gasteiger partial charge >= 0.3 is 0 Å². The van der Waals surface area contributed by atoms with Crippen molar-refractivity contribution in [2.75, 3.05) is 0 Å². The van der Waals surface area contributed by atoms with Crippen LogP contribution in [0.15, 0.2) is 30.3 Å². The number of fused-ring (bicyclic) bond motifs is 1. The van der Waals surface area contributed by atoms with Gasteiger partial charge in [0.25, 0.3) is 0 Å². The standard InChI is InChI=1S/C11H11N.C2H6/c1-8-7-10-5-3-4-6-11(10)9(2)12-8;1-2/h3-7H,1-2H3;1-2H3. The van der Waals surface area contributed by atoms with Crippen LogP contribution in [-0.4, -0.2) is 4.98 Å². The highest BCUT2D eigenvalue weighted by Gasteiger charge is 1.97. The molecule has 0 atom stereocenters. The first-order valence-electron chi connectivity index (χ1n) is 5.10. The number of pyridine rings is 1. The molecule has 0 bridgehead atoms. The molecule has 0 amide bonds. The van der Waals surface area contributed by atoms with E-state index in [-0.39, 0.29) is 0 Å². The number of nitrogens with zero attached hydrogens (tertiary/aromatic N) is 1. The summed E-state index contributed by atoms with van der Waals surface area (Å²) in [4.78, 5) is 4.40. The van der Waals surface area contributed by atoms with Gasteiger partial charge in [0, 0.05) is 16.8 Å². The fraction of sp³-hybridized carbons (Fsp3) is 0.308. The predicted molar refractivity (Wildman–Crippen MR) is 62.6 cm³/mol. The molecule has 0 aliphatic carbocycles. The van der Waals surface area contributed by atoms with Gasteiger partial charge in [-0.1, -0.05) is 38.1 Å². The molecule has 0 N–H and O–H groups in total. The molecule has 2 rings (SSSR count). The van der Waals surface area contributed by atoms with Crippen molar-refractivity contribution < 1.29 is 0 Å². The van der Waals surface area contributed by atoms with E-state index in [9.17, 15) is 0 Å². The van der Waals surface area contributed by atoms with Crippen LogP contribution < -0.4 is 0 Å². The van der Waals surface area contributed by atoms with Crippen molar-refractivity contribution in [3.05, 3.63) is 41.7 Å². The zero-order chi connectivity index (χ0) is 10.6. The van der Waals surface area contributed by atoms with Crippen LogP contribution in [0.1, 0.15) is 25.2 Å². The Morgan fingerprint density at radius 3 is 2.36 bits per heavy atom. The summed E-state index contributed by atoms with van der Waals surface area (Å²) in [6.45, 7) is 8.08. The molecule has 1 nitrogen and oxygen atoms in total. The van der Waals surface area contributed by atoms with Crippen molar-refractivity contribution in [3.63, 3.8) is 0 Å². The van der Waals surface area contributed by atoms with Gasteiger partial charge in [-0.2, -0.15) is 0 Å². The second kappa shape index (κ2) is 4.75. The van der Waals surface area contributed by atoms with Crippen LogP contribution in [0.3, 0.4) is 0 Å². The second-order valence-corrected chi connectivity index (χ2v) is 3.07. The monoisotopic (exact) mass is 187 g/mol. The van der Waals surface area contributed by atoms with Crippen molar-refractivity contribution in [3.8, 4) is 0 Å². The number of benzene rings is 1. The fourth-order valence-electron chi connectivity index (χ4n) is 1.53. The predicted octanol–water partition coefficient (Wildman–Crippen LogP) is 3.88. The van der Waals surface area contributed by atoms with Gasteiger partial charge in [-0.05, 0) is 25.3 Å². The van der Waals surface area contributed by atoms with Gasteiger partial charge in [-0.15, -0.1) is 0 Å². The Balaban J connectivity index is 0.000000461. The largest absolute Gasteiger partial charge is 0.258 e. The van der Waals surface area contributed by atoms with Crippen LogP contribution in [0, 0.1) is 13.8 Å². The van der Waals surface area contributed by atoms with Gasteiger partial charge in [0.15, 0.2) is 0 Å². The quantitative estimate of drug-likeness (QED) is 0.610. The molecular weight excluding hydrogens is 170 g/mol. The van der Waals surface area contributed by atoms with Crippen molar-refractivity contribution >= 4 is 10.8 Å². The van der Waals surface area contributed by atoms with E-state index in [1.54, 1.807) is 0 Å². The second-order valence-electron chi connectivity index (χ2n) is 3.07. The highest BCUT2D eigenvalue weighted by molar-refractivity contribution is 5.84. The van der Waals surface area contributed by atoms with Gasteiger partial charge in [-0.3, -0.25) is 4.98 Å². The summed E-state index contributed by atoms with van der Waals surface area (Å²) in [7, 11) is 0. The molecule has 74 valence electrons. The van der Waals surface area contributed by atoms with Crippen LogP contribution in [-0.2, 0) is 0 Å². The van der Waals surface area contributed by atoms with Crippen LogP contribution >= 0.6 is 0 Å². The Bertz CT molecular complexity index is 419. The maximum absolute atomic E-state index is 4.40. The maximum atomic E-state index is 4.40. The highest BCUT2D eigenvalue weighted by Crippen LogP contribution is 2.16. The van der Waals surface area contributed by atoms with Gasteiger partial charge in [0.1, 0.15) is 0 Å². The van der Waals surface area contributed by atoms with E-state index in [2.05, 4.69) is 36.2 Å². The van der Waals surface area contributed by atoms with Crippen molar-refractivity contribution in [2.24, 2.45) is 0 Å².